The summed E-state index contributed by atoms with van der Waals surface area (Å²) in [5.74, 6) is 0. The number of anilines is 1. The summed E-state index contributed by atoms with van der Waals surface area (Å²) in [5, 5.41) is 12.4. The number of likely N-dealkylation sites (tertiary alicyclic amines) is 1. The molecule has 1 aromatic carbocycles. The molecule has 1 heterocycles. The van der Waals surface area contributed by atoms with Crippen molar-refractivity contribution in [1.82, 2.24) is 4.90 Å². The number of carbonyl (C=O) groups excluding carboxylic acids is 1. The van der Waals surface area contributed by atoms with Crippen LogP contribution in [0.4, 0.5) is 10.5 Å². The van der Waals surface area contributed by atoms with Crippen molar-refractivity contribution in [2.75, 3.05) is 18.5 Å². The third-order valence-electron chi connectivity index (χ3n) is 3.02. The van der Waals surface area contributed by atoms with E-state index < -0.39 is 0 Å². The number of urea groups is 1. The maximum absolute atomic E-state index is 12.1. The van der Waals surface area contributed by atoms with Crippen LogP contribution in [0.3, 0.4) is 0 Å². The second-order valence-corrected chi connectivity index (χ2v) is 5.55. The molecule has 98 valence electrons. The van der Waals surface area contributed by atoms with Crippen LogP contribution < -0.4 is 5.32 Å². The smallest absolute Gasteiger partial charge is 0.322 e. The molecular formula is C12H14BrClN2O2. The number of carbonyl (C=O) groups is 1. The van der Waals surface area contributed by atoms with Gasteiger partial charge in [0.25, 0.3) is 0 Å². The van der Waals surface area contributed by atoms with Gasteiger partial charge < -0.3 is 15.3 Å². The predicted molar refractivity (Wildman–Crippen MR) is 75.0 cm³/mol. The van der Waals surface area contributed by atoms with Crippen LogP contribution in [0.5, 0.6) is 0 Å². The van der Waals surface area contributed by atoms with Crippen molar-refractivity contribution >= 4 is 39.2 Å². The molecule has 0 aliphatic carbocycles. The number of aliphatic hydroxyl groups is 1. The summed E-state index contributed by atoms with van der Waals surface area (Å²) in [4.78, 5) is 13.7. The van der Waals surface area contributed by atoms with Gasteiger partial charge in [-0.1, -0.05) is 27.5 Å². The summed E-state index contributed by atoms with van der Waals surface area (Å²) in [6.45, 7) is 0.673. The Labute approximate surface area is 119 Å². The summed E-state index contributed by atoms with van der Waals surface area (Å²) in [6.07, 6.45) is 1.77. The lowest BCUT2D eigenvalue weighted by Gasteiger charge is -2.23. The van der Waals surface area contributed by atoms with Gasteiger partial charge in [-0.15, -0.1) is 0 Å². The van der Waals surface area contributed by atoms with Crippen LogP contribution in [-0.4, -0.2) is 35.2 Å². The van der Waals surface area contributed by atoms with E-state index >= 15 is 0 Å². The molecule has 18 heavy (non-hydrogen) atoms. The summed E-state index contributed by atoms with van der Waals surface area (Å²) < 4.78 is 0.861. The number of aliphatic hydroxyl groups excluding tert-OH is 1. The van der Waals surface area contributed by atoms with E-state index in [1.165, 1.54) is 0 Å². The van der Waals surface area contributed by atoms with Gasteiger partial charge in [-0.3, -0.25) is 0 Å². The summed E-state index contributed by atoms with van der Waals surface area (Å²) in [5.41, 5.74) is 0.577. The van der Waals surface area contributed by atoms with Crippen molar-refractivity contribution in [2.24, 2.45) is 0 Å². The van der Waals surface area contributed by atoms with Crippen LogP contribution in [-0.2, 0) is 0 Å². The van der Waals surface area contributed by atoms with E-state index in [1.807, 2.05) is 6.07 Å². The highest BCUT2D eigenvalue weighted by Gasteiger charge is 2.28. The van der Waals surface area contributed by atoms with E-state index in [1.54, 1.807) is 17.0 Å². The molecule has 1 aliphatic rings. The normalized spacial score (nSPS) is 19.1. The molecule has 0 aromatic heterocycles. The molecule has 0 radical (unpaired) electrons. The Morgan fingerprint density at radius 1 is 1.61 bits per heavy atom. The highest BCUT2D eigenvalue weighted by Crippen LogP contribution is 2.26. The molecule has 1 aromatic rings. The van der Waals surface area contributed by atoms with Crippen LogP contribution in [0.1, 0.15) is 12.8 Å². The maximum Gasteiger partial charge on any atom is 0.322 e. The zero-order valence-electron chi connectivity index (χ0n) is 9.70. The van der Waals surface area contributed by atoms with Crippen molar-refractivity contribution in [3.05, 3.63) is 27.7 Å². The fourth-order valence-electron chi connectivity index (χ4n) is 2.07. The first-order valence-corrected chi connectivity index (χ1v) is 6.92. The molecule has 6 heteroatoms. The molecule has 2 N–H and O–H groups in total. The van der Waals surface area contributed by atoms with E-state index in [4.69, 9.17) is 11.6 Å². The first-order valence-electron chi connectivity index (χ1n) is 5.75. The largest absolute Gasteiger partial charge is 0.394 e. The summed E-state index contributed by atoms with van der Waals surface area (Å²) in [7, 11) is 0. The lowest BCUT2D eigenvalue weighted by atomic mass is 10.2. The van der Waals surface area contributed by atoms with E-state index in [9.17, 15) is 9.90 Å². The Bertz CT molecular complexity index is 456. The molecule has 2 rings (SSSR count). The van der Waals surface area contributed by atoms with Crippen molar-refractivity contribution in [1.29, 1.82) is 0 Å². The minimum atomic E-state index is -0.212. The van der Waals surface area contributed by atoms with Crippen molar-refractivity contribution in [3.8, 4) is 0 Å². The van der Waals surface area contributed by atoms with Gasteiger partial charge in [-0.05, 0) is 31.0 Å². The van der Waals surface area contributed by atoms with Gasteiger partial charge in [-0.25, -0.2) is 4.79 Å². The number of hydrogen-bond donors (Lipinski definition) is 2. The second-order valence-electron chi connectivity index (χ2n) is 4.23. The topological polar surface area (TPSA) is 52.6 Å². The maximum atomic E-state index is 12.1. The quantitative estimate of drug-likeness (QED) is 0.874. The second kappa shape index (κ2) is 5.91. The third kappa shape index (κ3) is 2.96. The minimum absolute atomic E-state index is 0.00148. The highest BCUT2D eigenvalue weighted by molar-refractivity contribution is 9.10. The van der Waals surface area contributed by atoms with Gasteiger partial charge in [0.15, 0.2) is 0 Å². The number of hydrogen-bond acceptors (Lipinski definition) is 2. The molecule has 0 saturated carbocycles. The molecule has 1 unspecified atom stereocenters. The summed E-state index contributed by atoms with van der Waals surface area (Å²) in [6, 6.07) is 4.99. The van der Waals surface area contributed by atoms with E-state index in [2.05, 4.69) is 21.2 Å². The van der Waals surface area contributed by atoms with Gasteiger partial charge in [-0.2, -0.15) is 0 Å². The molecule has 1 atom stereocenters. The van der Waals surface area contributed by atoms with Crippen molar-refractivity contribution in [3.63, 3.8) is 0 Å². The van der Waals surface area contributed by atoms with Crippen LogP contribution in [0.15, 0.2) is 22.7 Å². The Kier molecular flexibility index (Phi) is 4.48. The zero-order chi connectivity index (χ0) is 13.1. The van der Waals surface area contributed by atoms with E-state index in [0.29, 0.717) is 17.3 Å². The van der Waals surface area contributed by atoms with Crippen LogP contribution in [0, 0.1) is 0 Å². The van der Waals surface area contributed by atoms with E-state index in [-0.39, 0.29) is 18.7 Å². The number of nitrogens with one attached hydrogen (secondary N) is 1. The monoisotopic (exact) mass is 332 g/mol. The molecular weight excluding hydrogens is 320 g/mol. The van der Waals surface area contributed by atoms with Gasteiger partial charge in [0, 0.05) is 11.0 Å². The van der Waals surface area contributed by atoms with Crippen LogP contribution in [0.2, 0.25) is 5.02 Å². The lowest BCUT2D eigenvalue weighted by Crippen LogP contribution is -2.40. The third-order valence-corrected chi connectivity index (χ3v) is 3.83. The standard InChI is InChI=1S/C12H14BrClN2O2/c13-8-3-4-11(10(14)6-8)15-12(18)16-5-1-2-9(16)7-17/h3-4,6,9,17H,1-2,5,7H2,(H,15,18). The number of amides is 2. The number of rotatable bonds is 2. The number of benzene rings is 1. The van der Waals surface area contributed by atoms with Crippen LogP contribution >= 0.6 is 27.5 Å². The minimum Gasteiger partial charge on any atom is -0.394 e. The zero-order valence-corrected chi connectivity index (χ0v) is 12.0. The predicted octanol–water partition coefficient (Wildman–Crippen LogP) is 3.09. The Morgan fingerprint density at radius 3 is 3.06 bits per heavy atom. The van der Waals surface area contributed by atoms with Gasteiger partial charge in [0.05, 0.1) is 23.4 Å². The Balaban J connectivity index is 2.07. The molecule has 0 spiro atoms. The first-order chi connectivity index (χ1) is 8.61. The average molecular weight is 334 g/mol. The molecule has 4 nitrogen and oxygen atoms in total. The molecule has 2 amide bonds. The first kappa shape index (κ1) is 13.6. The lowest BCUT2D eigenvalue weighted by molar-refractivity contribution is 0.166. The fourth-order valence-corrected chi connectivity index (χ4v) is 2.79. The van der Waals surface area contributed by atoms with Crippen molar-refractivity contribution in [2.45, 2.75) is 18.9 Å². The summed E-state index contributed by atoms with van der Waals surface area (Å²) >= 11 is 9.35. The Morgan fingerprint density at radius 2 is 2.39 bits per heavy atom. The van der Waals surface area contributed by atoms with E-state index in [0.717, 1.165) is 17.3 Å². The van der Waals surface area contributed by atoms with Crippen molar-refractivity contribution < 1.29 is 9.90 Å². The molecule has 1 fully saturated rings. The van der Waals surface area contributed by atoms with Gasteiger partial charge >= 0.3 is 6.03 Å². The SMILES string of the molecule is O=C(Nc1ccc(Br)cc1Cl)N1CCCC1CO. The highest BCUT2D eigenvalue weighted by atomic mass is 79.9. The molecule has 1 saturated heterocycles. The Hall–Kier alpha value is -0.780. The molecule has 1 aliphatic heterocycles. The average Bonchev–Trinajstić information content (AvgIpc) is 2.81. The number of halogens is 2. The van der Waals surface area contributed by atoms with Crippen LogP contribution in [0.25, 0.3) is 0 Å². The van der Waals surface area contributed by atoms with Gasteiger partial charge in [0.1, 0.15) is 0 Å². The van der Waals surface area contributed by atoms with Gasteiger partial charge in [0.2, 0.25) is 0 Å². The fraction of sp³-hybridized carbons (Fsp3) is 0.417. The molecule has 0 bridgehead atoms. The number of nitrogens with zero attached hydrogens (tertiary/aromatic N) is 1.